The first kappa shape index (κ1) is 11.5. The molecule has 3 saturated carbocycles. The Balaban J connectivity index is 1.42. The van der Waals surface area contributed by atoms with E-state index < -0.39 is 0 Å². The second-order valence-corrected chi connectivity index (χ2v) is 6.57. The average molecular weight is 237 g/mol. The molecule has 17 heavy (non-hydrogen) atoms. The van der Waals surface area contributed by atoms with E-state index in [1.807, 2.05) is 0 Å². The molecule has 0 unspecified atom stereocenters. The Morgan fingerprint density at radius 1 is 1.29 bits per heavy atom. The Bertz CT molecular complexity index is 311. The minimum Gasteiger partial charge on any atom is -0.396 e. The van der Waals surface area contributed by atoms with Gasteiger partial charge in [0.2, 0.25) is 5.91 Å². The molecule has 0 aromatic heterocycles. The number of rotatable bonds is 5. The van der Waals surface area contributed by atoms with Gasteiger partial charge in [-0.05, 0) is 49.9 Å². The number of aliphatic hydroxyl groups is 1. The normalized spacial score (nSPS) is 37.1. The summed E-state index contributed by atoms with van der Waals surface area (Å²) in [5.41, 5.74) is 0.0460. The summed E-state index contributed by atoms with van der Waals surface area (Å²) in [5, 5.41) is 12.2. The van der Waals surface area contributed by atoms with Crippen LogP contribution in [0.4, 0.5) is 0 Å². The molecule has 0 aromatic carbocycles. The SMILES string of the molecule is O=C(C[C@@H]1C[C@H]2CC[C@H]1C2)NCC1(CO)CC1. The molecular weight excluding hydrogens is 214 g/mol. The summed E-state index contributed by atoms with van der Waals surface area (Å²) in [4.78, 5) is 11.9. The number of carbonyl (C=O) groups excluding carboxylic acids is 1. The van der Waals surface area contributed by atoms with Gasteiger partial charge in [0, 0.05) is 18.4 Å². The molecule has 2 bridgehead atoms. The average Bonchev–Trinajstić information content (AvgIpc) is 2.83. The quantitative estimate of drug-likeness (QED) is 0.764. The highest BCUT2D eigenvalue weighted by molar-refractivity contribution is 5.76. The van der Waals surface area contributed by atoms with Crippen LogP contribution in [-0.2, 0) is 4.79 Å². The molecule has 1 amide bonds. The number of aliphatic hydroxyl groups excluding tert-OH is 1. The van der Waals surface area contributed by atoms with E-state index in [-0.39, 0.29) is 17.9 Å². The molecule has 0 aromatic rings. The predicted octanol–water partition coefficient (Wildman–Crippen LogP) is 1.70. The van der Waals surface area contributed by atoms with Gasteiger partial charge in [0.05, 0.1) is 6.61 Å². The summed E-state index contributed by atoms with van der Waals surface area (Å²) < 4.78 is 0. The number of fused-ring (bicyclic) bond motifs is 2. The minimum atomic E-state index is 0.0460. The second-order valence-electron chi connectivity index (χ2n) is 6.57. The van der Waals surface area contributed by atoms with Crippen LogP contribution in [0, 0.1) is 23.2 Å². The topological polar surface area (TPSA) is 49.3 Å². The molecule has 3 nitrogen and oxygen atoms in total. The van der Waals surface area contributed by atoms with E-state index in [1.54, 1.807) is 0 Å². The molecule has 0 aliphatic heterocycles. The van der Waals surface area contributed by atoms with E-state index in [1.165, 1.54) is 25.7 Å². The lowest BCUT2D eigenvalue weighted by Gasteiger charge is -2.21. The van der Waals surface area contributed by atoms with Gasteiger partial charge in [-0.15, -0.1) is 0 Å². The molecule has 3 heteroatoms. The number of amides is 1. The van der Waals surface area contributed by atoms with E-state index >= 15 is 0 Å². The minimum absolute atomic E-state index is 0.0460. The molecule has 0 radical (unpaired) electrons. The fourth-order valence-electron chi connectivity index (χ4n) is 3.79. The number of hydrogen-bond acceptors (Lipinski definition) is 2. The van der Waals surface area contributed by atoms with Gasteiger partial charge in [-0.1, -0.05) is 6.42 Å². The van der Waals surface area contributed by atoms with Gasteiger partial charge in [0.1, 0.15) is 0 Å². The Morgan fingerprint density at radius 3 is 2.65 bits per heavy atom. The molecule has 2 N–H and O–H groups in total. The molecular formula is C14H23NO2. The zero-order valence-corrected chi connectivity index (χ0v) is 10.5. The maximum absolute atomic E-state index is 11.9. The second kappa shape index (κ2) is 4.27. The van der Waals surface area contributed by atoms with Crippen molar-refractivity contribution in [1.29, 1.82) is 0 Å². The fourth-order valence-corrected chi connectivity index (χ4v) is 3.79. The van der Waals surface area contributed by atoms with Crippen molar-refractivity contribution in [3.8, 4) is 0 Å². The third-order valence-corrected chi connectivity index (χ3v) is 5.29. The van der Waals surface area contributed by atoms with Gasteiger partial charge in [-0.2, -0.15) is 0 Å². The largest absolute Gasteiger partial charge is 0.396 e. The van der Waals surface area contributed by atoms with Crippen LogP contribution in [0.2, 0.25) is 0 Å². The maximum atomic E-state index is 11.9. The van der Waals surface area contributed by atoms with Crippen LogP contribution in [0.1, 0.15) is 44.9 Å². The highest BCUT2D eigenvalue weighted by atomic mass is 16.3. The van der Waals surface area contributed by atoms with Crippen LogP contribution in [0.15, 0.2) is 0 Å². The van der Waals surface area contributed by atoms with Crippen molar-refractivity contribution >= 4 is 5.91 Å². The highest BCUT2D eigenvalue weighted by Gasteiger charge is 2.43. The molecule has 3 aliphatic rings. The Morgan fingerprint density at radius 2 is 2.12 bits per heavy atom. The Hall–Kier alpha value is -0.570. The molecule has 3 fully saturated rings. The number of hydrogen-bond donors (Lipinski definition) is 2. The van der Waals surface area contributed by atoms with Gasteiger partial charge in [0.15, 0.2) is 0 Å². The van der Waals surface area contributed by atoms with Crippen LogP contribution >= 0.6 is 0 Å². The first-order chi connectivity index (χ1) is 8.21. The lowest BCUT2D eigenvalue weighted by molar-refractivity contribution is -0.122. The smallest absolute Gasteiger partial charge is 0.220 e. The van der Waals surface area contributed by atoms with E-state index in [2.05, 4.69) is 5.32 Å². The standard InChI is InChI=1S/C14H23NO2/c16-9-14(3-4-14)8-15-13(17)7-12-6-10-1-2-11(12)5-10/h10-12,16H,1-9H2,(H,15,17)/t10-,11-,12-/m0/s1. The van der Waals surface area contributed by atoms with Crippen molar-refractivity contribution in [3.63, 3.8) is 0 Å². The van der Waals surface area contributed by atoms with Crippen molar-refractivity contribution in [3.05, 3.63) is 0 Å². The Labute approximate surface area is 103 Å². The fraction of sp³-hybridized carbons (Fsp3) is 0.929. The van der Waals surface area contributed by atoms with Crippen LogP contribution in [0.5, 0.6) is 0 Å². The predicted molar refractivity (Wildman–Crippen MR) is 65.3 cm³/mol. The van der Waals surface area contributed by atoms with Gasteiger partial charge in [-0.25, -0.2) is 0 Å². The van der Waals surface area contributed by atoms with Gasteiger partial charge >= 0.3 is 0 Å². The zero-order chi connectivity index (χ0) is 11.9. The molecule has 0 saturated heterocycles. The van der Waals surface area contributed by atoms with Gasteiger partial charge in [0.25, 0.3) is 0 Å². The van der Waals surface area contributed by atoms with E-state index in [9.17, 15) is 9.90 Å². The monoisotopic (exact) mass is 237 g/mol. The van der Waals surface area contributed by atoms with Crippen molar-refractivity contribution in [2.24, 2.45) is 23.2 Å². The van der Waals surface area contributed by atoms with Gasteiger partial charge < -0.3 is 10.4 Å². The molecule has 3 aliphatic carbocycles. The molecule has 3 atom stereocenters. The number of carbonyl (C=O) groups is 1. The van der Waals surface area contributed by atoms with E-state index in [0.717, 1.165) is 31.1 Å². The van der Waals surface area contributed by atoms with Crippen LogP contribution < -0.4 is 5.32 Å². The van der Waals surface area contributed by atoms with Crippen molar-refractivity contribution in [2.45, 2.75) is 44.9 Å². The van der Waals surface area contributed by atoms with Crippen LogP contribution in [0.3, 0.4) is 0 Å². The van der Waals surface area contributed by atoms with Gasteiger partial charge in [-0.3, -0.25) is 4.79 Å². The number of nitrogens with one attached hydrogen (secondary N) is 1. The zero-order valence-electron chi connectivity index (χ0n) is 10.5. The molecule has 3 rings (SSSR count). The van der Waals surface area contributed by atoms with Crippen molar-refractivity contribution < 1.29 is 9.90 Å². The molecule has 0 spiro atoms. The lowest BCUT2D eigenvalue weighted by atomic mass is 9.86. The van der Waals surface area contributed by atoms with Crippen LogP contribution in [-0.4, -0.2) is 24.2 Å². The molecule has 96 valence electrons. The highest BCUT2D eigenvalue weighted by Crippen LogP contribution is 2.49. The van der Waals surface area contributed by atoms with Crippen molar-refractivity contribution in [1.82, 2.24) is 5.32 Å². The third-order valence-electron chi connectivity index (χ3n) is 5.29. The van der Waals surface area contributed by atoms with E-state index in [4.69, 9.17) is 0 Å². The maximum Gasteiger partial charge on any atom is 0.220 e. The Kier molecular flexibility index (Phi) is 2.89. The van der Waals surface area contributed by atoms with Crippen molar-refractivity contribution in [2.75, 3.05) is 13.2 Å². The summed E-state index contributed by atoms with van der Waals surface area (Å²) in [5.74, 6) is 2.61. The first-order valence-corrected chi connectivity index (χ1v) is 7.08. The summed E-state index contributed by atoms with van der Waals surface area (Å²) >= 11 is 0. The molecule has 0 heterocycles. The summed E-state index contributed by atoms with van der Waals surface area (Å²) in [6.45, 7) is 0.907. The summed E-state index contributed by atoms with van der Waals surface area (Å²) in [6, 6.07) is 0. The van der Waals surface area contributed by atoms with Crippen LogP contribution in [0.25, 0.3) is 0 Å². The summed E-state index contributed by atoms with van der Waals surface area (Å²) in [6.07, 6.45) is 8.26. The van der Waals surface area contributed by atoms with E-state index in [0.29, 0.717) is 12.5 Å². The lowest BCUT2D eigenvalue weighted by Crippen LogP contribution is -2.33. The first-order valence-electron chi connectivity index (χ1n) is 7.08. The third kappa shape index (κ3) is 2.35. The summed E-state index contributed by atoms with van der Waals surface area (Å²) in [7, 11) is 0.